The Morgan fingerprint density at radius 1 is 0.667 bits per heavy atom. The van der Waals surface area contributed by atoms with Crippen molar-refractivity contribution in [1.29, 1.82) is 0 Å². The SMILES string of the molecule is CCCc1ccc(-c2ccc(-c3ccc(C=Cc4cc(F)c(CC=CC(F)F)c(F)c4)c(F)c3)c(F)c2)cc1. The van der Waals surface area contributed by atoms with E-state index in [9.17, 15) is 26.3 Å². The van der Waals surface area contributed by atoms with E-state index >= 15 is 0 Å². The Kier molecular flexibility index (Phi) is 9.07. The molecule has 39 heavy (non-hydrogen) atoms. The van der Waals surface area contributed by atoms with Gasteiger partial charge in [-0.15, -0.1) is 0 Å². The standard InChI is InChI=1S/C33H26F6/c1-2-4-21-7-10-23(11-8-21)25-15-16-27(32(37)19-25)26-14-13-24(29(34)20-26)12-9-22-17-30(35)28(31(36)18-22)5-3-6-33(38)39/h3,6-20,33H,2,4-5H2,1H3. The second kappa shape index (κ2) is 12.7. The van der Waals surface area contributed by atoms with Crippen LogP contribution in [0, 0.1) is 23.3 Å². The lowest BCUT2D eigenvalue weighted by Gasteiger charge is -2.09. The molecule has 6 heteroatoms. The molecule has 200 valence electrons. The number of hydrogen-bond donors (Lipinski definition) is 0. The van der Waals surface area contributed by atoms with Gasteiger partial charge in [-0.2, -0.15) is 0 Å². The van der Waals surface area contributed by atoms with Gasteiger partial charge in [0.2, 0.25) is 0 Å². The molecule has 4 rings (SSSR count). The fraction of sp³-hybridized carbons (Fsp3) is 0.152. The van der Waals surface area contributed by atoms with Gasteiger partial charge in [0, 0.05) is 16.7 Å². The smallest absolute Gasteiger partial charge is 0.207 e. The quantitative estimate of drug-likeness (QED) is 0.113. The number of hydrogen-bond acceptors (Lipinski definition) is 0. The summed E-state index contributed by atoms with van der Waals surface area (Å²) in [5.41, 5.74) is 3.37. The third-order valence-corrected chi connectivity index (χ3v) is 6.33. The summed E-state index contributed by atoms with van der Waals surface area (Å²) in [6.45, 7) is 2.11. The van der Waals surface area contributed by atoms with Gasteiger partial charge in [0.05, 0.1) is 0 Å². The second-order valence-corrected chi connectivity index (χ2v) is 9.14. The molecule has 4 aromatic carbocycles. The summed E-state index contributed by atoms with van der Waals surface area (Å²) < 4.78 is 82.9. The van der Waals surface area contributed by atoms with Crippen molar-refractivity contribution in [3.8, 4) is 22.3 Å². The van der Waals surface area contributed by atoms with Crippen LogP contribution in [0.5, 0.6) is 0 Å². The minimum atomic E-state index is -2.70. The molecule has 0 spiro atoms. The molecule has 0 saturated carbocycles. The first-order valence-corrected chi connectivity index (χ1v) is 12.5. The fourth-order valence-electron chi connectivity index (χ4n) is 4.30. The van der Waals surface area contributed by atoms with Gasteiger partial charge in [-0.05, 0) is 71.0 Å². The second-order valence-electron chi connectivity index (χ2n) is 9.14. The van der Waals surface area contributed by atoms with Crippen LogP contribution in [0.1, 0.15) is 35.6 Å². The normalized spacial score (nSPS) is 11.8. The van der Waals surface area contributed by atoms with E-state index in [0.29, 0.717) is 11.6 Å². The molecule has 0 aliphatic carbocycles. The zero-order valence-electron chi connectivity index (χ0n) is 21.2. The highest BCUT2D eigenvalue weighted by Gasteiger charge is 2.12. The molecule has 0 amide bonds. The van der Waals surface area contributed by atoms with Crippen LogP contribution in [-0.4, -0.2) is 6.43 Å². The number of halogens is 6. The highest BCUT2D eigenvalue weighted by atomic mass is 19.3. The lowest BCUT2D eigenvalue weighted by Crippen LogP contribution is -1.96. The Bertz CT molecular complexity index is 1480. The maximum absolute atomic E-state index is 15.0. The Hall–Kier alpha value is -4.06. The summed E-state index contributed by atoms with van der Waals surface area (Å²) in [5, 5.41) is 0. The van der Waals surface area contributed by atoms with Gasteiger partial charge in [0.1, 0.15) is 23.3 Å². The van der Waals surface area contributed by atoms with Gasteiger partial charge in [-0.1, -0.05) is 80.1 Å². The van der Waals surface area contributed by atoms with Crippen LogP contribution in [0.4, 0.5) is 26.3 Å². The average molecular weight is 537 g/mol. The van der Waals surface area contributed by atoms with Crippen molar-refractivity contribution in [2.24, 2.45) is 0 Å². The molecular weight excluding hydrogens is 510 g/mol. The van der Waals surface area contributed by atoms with Gasteiger partial charge < -0.3 is 0 Å². The first kappa shape index (κ1) is 28.0. The molecule has 0 unspecified atom stereocenters. The van der Waals surface area contributed by atoms with Crippen molar-refractivity contribution in [2.75, 3.05) is 0 Å². The van der Waals surface area contributed by atoms with Crippen molar-refractivity contribution >= 4 is 12.2 Å². The van der Waals surface area contributed by atoms with Gasteiger partial charge in [-0.25, -0.2) is 26.3 Å². The maximum atomic E-state index is 15.0. The zero-order chi connectivity index (χ0) is 27.9. The van der Waals surface area contributed by atoms with Crippen molar-refractivity contribution < 1.29 is 26.3 Å². The van der Waals surface area contributed by atoms with Crippen molar-refractivity contribution in [3.63, 3.8) is 0 Å². The molecular formula is C33H26F6. The van der Waals surface area contributed by atoms with Gasteiger partial charge in [0.25, 0.3) is 6.43 Å². The average Bonchev–Trinajstić information content (AvgIpc) is 2.90. The van der Waals surface area contributed by atoms with Crippen LogP contribution in [0.15, 0.2) is 84.9 Å². The van der Waals surface area contributed by atoms with Crippen molar-refractivity contribution in [1.82, 2.24) is 0 Å². The minimum Gasteiger partial charge on any atom is -0.207 e. The molecule has 0 aliphatic rings. The van der Waals surface area contributed by atoms with E-state index in [4.69, 9.17) is 0 Å². The molecule has 4 aromatic rings. The number of aryl methyl sites for hydroxylation is 1. The van der Waals surface area contributed by atoms with Gasteiger partial charge in [-0.3, -0.25) is 0 Å². The summed E-state index contributed by atoms with van der Waals surface area (Å²) in [4.78, 5) is 0. The minimum absolute atomic E-state index is 0.138. The summed E-state index contributed by atoms with van der Waals surface area (Å²) in [5.74, 6) is -2.89. The van der Waals surface area contributed by atoms with Gasteiger partial charge in [0.15, 0.2) is 0 Å². The first-order chi connectivity index (χ1) is 18.7. The van der Waals surface area contributed by atoms with Crippen LogP contribution in [0.3, 0.4) is 0 Å². The molecule has 0 heterocycles. The monoisotopic (exact) mass is 536 g/mol. The highest BCUT2D eigenvalue weighted by Crippen LogP contribution is 2.30. The Morgan fingerprint density at radius 2 is 1.31 bits per heavy atom. The van der Waals surface area contributed by atoms with Crippen LogP contribution in [-0.2, 0) is 12.8 Å². The lowest BCUT2D eigenvalue weighted by atomic mass is 9.97. The molecule has 0 N–H and O–H groups in total. The van der Waals surface area contributed by atoms with Crippen LogP contribution in [0.25, 0.3) is 34.4 Å². The van der Waals surface area contributed by atoms with E-state index in [-0.39, 0.29) is 28.7 Å². The predicted molar refractivity (Wildman–Crippen MR) is 145 cm³/mol. The molecule has 0 nitrogen and oxygen atoms in total. The first-order valence-electron chi connectivity index (χ1n) is 12.5. The van der Waals surface area contributed by atoms with E-state index in [2.05, 4.69) is 6.92 Å². The maximum Gasteiger partial charge on any atom is 0.257 e. The Morgan fingerprint density at radius 3 is 1.92 bits per heavy atom. The summed E-state index contributed by atoms with van der Waals surface area (Å²) in [7, 11) is 0. The van der Waals surface area contributed by atoms with E-state index in [1.165, 1.54) is 35.9 Å². The van der Waals surface area contributed by atoms with Crippen LogP contribution < -0.4 is 0 Å². The van der Waals surface area contributed by atoms with Crippen molar-refractivity contribution in [3.05, 3.63) is 130 Å². The topological polar surface area (TPSA) is 0 Å². The molecule has 0 atom stereocenters. The van der Waals surface area contributed by atoms with E-state index < -0.39 is 29.7 Å². The fourth-order valence-corrected chi connectivity index (χ4v) is 4.30. The summed E-state index contributed by atoms with van der Waals surface area (Å²) in [6, 6.07) is 19.1. The van der Waals surface area contributed by atoms with E-state index in [0.717, 1.165) is 42.2 Å². The molecule has 0 radical (unpaired) electrons. The number of benzene rings is 4. The third kappa shape index (κ3) is 7.08. The van der Waals surface area contributed by atoms with Crippen molar-refractivity contribution in [2.45, 2.75) is 32.6 Å². The van der Waals surface area contributed by atoms with Gasteiger partial charge >= 0.3 is 0 Å². The Balaban J connectivity index is 1.51. The van der Waals surface area contributed by atoms with E-state index in [1.807, 2.05) is 24.3 Å². The van der Waals surface area contributed by atoms with Crippen LogP contribution in [0.2, 0.25) is 0 Å². The largest absolute Gasteiger partial charge is 0.257 e. The molecule has 0 aliphatic heterocycles. The third-order valence-electron chi connectivity index (χ3n) is 6.33. The number of alkyl halides is 2. The predicted octanol–water partition coefficient (Wildman–Crippen LogP) is 10.1. The molecule has 0 aromatic heterocycles. The summed E-state index contributed by atoms with van der Waals surface area (Å²) in [6.07, 6.45) is 3.26. The lowest BCUT2D eigenvalue weighted by molar-refractivity contribution is 0.204. The number of allylic oxidation sites excluding steroid dienone is 2. The zero-order valence-corrected chi connectivity index (χ0v) is 21.2. The summed E-state index contributed by atoms with van der Waals surface area (Å²) >= 11 is 0. The van der Waals surface area contributed by atoms with Crippen LogP contribution >= 0.6 is 0 Å². The highest BCUT2D eigenvalue weighted by molar-refractivity contribution is 5.74. The van der Waals surface area contributed by atoms with E-state index in [1.54, 1.807) is 18.2 Å². The molecule has 0 saturated heterocycles. The molecule has 0 bridgehead atoms. The molecule has 0 fully saturated rings. The number of rotatable bonds is 9. The Labute approximate surface area is 224 Å².